The predicted octanol–water partition coefficient (Wildman–Crippen LogP) is 4.02. The number of piperidine rings is 1. The Morgan fingerprint density at radius 2 is 1.90 bits per heavy atom. The number of hydrogen-bond donors (Lipinski definition) is 3. The van der Waals surface area contributed by atoms with Crippen molar-refractivity contribution in [2.75, 3.05) is 19.7 Å². The minimum absolute atomic E-state index is 0.185. The maximum Gasteiger partial charge on any atom is 0.152 e. The van der Waals surface area contributed by atoms with Crippen molar-refractivity contribution in [3.8, 4) is 0 Å². The number of allylic oxidation sites excluding steroid dienone is 4. The smallest absolute Gasteiger partial charge is 0.152 e. The number of rotatable bonds is 6. The summed E-state index contributed by atoms with van der Waals surface area (Å²) in [6.07, 6.45) is 9.75. The predicted molar refractivity (Wildman–Crippen MR) is 114 cm³/mol. The highest BCUT2D eigenvalue weighted by Crippen LogP contribution is 2.31. The topological polar surface area (TPSA) is 57.8 Å². The molecule has 3 N–H and O–H groups in total. The second-order valence-corrected chi connectivity index (χ2v) is 7.23. The Hall–Kier alpha value is -1.47. The summed E-state index contributed by atoms with van der Waals surface area (Å²) in [7, 11) is 0. The molecule has 0 aromatic heterocycles. The molecule has 3 aliphatic rings. The van der Waals surface area contributed by atoms with Crippen LogP contribution in [-0.4, -0.2) is 36.9 Å². The van der Waals surface area contributed by atoms with Crippen LogP contribution < -0.4 is 16.5 Å². The summed E-state index contributed by atoms with van der Waals surface area (Å²) in [6, 6.07) is 0.650. The van der Waals surface area contributed by atoms with E-state index in [1.54, 1.807) is 18.2 Å². The Morgan fingerprint density at radius 3 is 2.59 bits per heavy atom. The molecule has 0 bridgehead atoms. The largest absolute Gasteiger partial charge is 0.358 e. The number of nitrogens with zero attached hydrogens (tertiary/aromatic N) is 1. The van der Waals surface area contributed by atoms with Crippen LogP contribution >= 0.6 is 0 Å². The lowest BCUT2D eigenvalue weighted by Gasteiger charge is -2.37. The summed E-state index contributed by atoms with van der Waals surface area (Å²) in [5.74, 6) is 0.0659. The molecular formula is C22H37FN4O2. The molecule has 1 atom stereocenters. The molecule has 3 rings (SSSR count). The molecule has 0 aromatic rings. The maximum atomic E-state index is 14.9. The van der Waals surface area contributed by atoms with Crippen molar-refractivity contribution in [1.29, 1.82) is 0 Å². The Balaban J connectivity index is 0.00000145. The molecule has 6 nitrogen and oxygen atoms in total. The highest BCUT2D eigenvalue weighted by molar-refractivity contribution is 5.38. The molecule has 2 fully saturated rings. The van der Waals surface area contributed by atoms with Gasteiger partial charge in [0.2, 0.25) is 0 Å². The van der Waals surface area contributed by atoms with E-state index in [0.717, 1.165) is 31.5 Å². The summed E-state index contributed by atoms with van der Waals surface area (Å²) < 4.78 is 14.9. The second-order valence-electron chi connectivity index (χ2n) is 7.23. The lowest BCUT2D eigenvalue weighted by molar-refractivity contribution is -0.101. The number of hydrogen-bond acceptors (Lipinski definition) is 6. The molecule has 1 aliphatic carbocycles. The Labute approximate surface area is 174 Å². The van der Waals surface area contributed by atoms with E-state index in [9.17, 15) is 4.39 Å². The summed E-state index contributed by atoms with van der Waals surface area (Å²) in [5, 5.41) is 3.16. The van der Waals surface area contributed by atoms with Crippen LogP contribution in [0, 0.1) is 5.92 Å². The van der Waals surface area contributed by atoms with Gasteiger partial charge in [-0.2, -0.15) is 0 Å². The van der Waals surface area contributed by atoms with E-state index in [2.05, 4.69) is 41.0 Å². The molecule has 7 heteroatoms. The summed E-state index contributed by atoms with van der Waals surface area (Å²) >= 11 is 0. The third-order valence-electron chi connectivity index (χ3n) is 5.59. The van der Waals surface area contributed by atoms with Crippen LogP contribution in [-0.2, 0) is 9.68 Å². The van der Waals surface area contributed by atoms with Crippen LogP contribution in [0.1, 0.15) is 59.8 Å². The lowest BCUT2D eigenvalue weighted by atomic mass is 9.87. The average molecular weight is 409 g/mol. The first kappa shape index (κ1) is 23.8. The molecule has 2 aliphatic heterocycles. The van der Waals surface area contributed by atoms with Crippen molar-refractivity contribution in [1.82, 2.24) is 21.4 Å². The van der Waals surface area contributed by atoms with Crippen molar-refractivity contribution in [3.05, 3.63) is 41.1 Å². The SMILES string of the molecule is CC.CCC(CC)N1CCC(C2=C(F)C=C(NC3CCONNO3)C=C=C2)CC1. The van der Waals surface area contributed by atoms with Gasteiger partial charge in [-0.25, -0.2) is 4.39 Å². The highest BCUT2D eigenvalue weighted by Gasteiger charge is 2.26. The van der Waals surface area contributed by atoms with E-state index in [-0.39, 0.29) is 18.0 Å². The van der Waals surface area contributed by atoms with Crippen LogP contribution in [0.3, 0.4) is 0 Å². The van der Waals surface area contributed by atoms with E-state index in [4.69, 9.17) is 9.68 Å². The molecule has 2 saturated heterocycles. The molecule has 0 radical (unpaired) electrons. The van der Waals surface area contributed by atoms with Crippen LogP contribution in [0.15, 0.2) is 41.1 Å². The molecule has 0 aromatic carbocycles. The monoisotopic (exact) mass is 408 g/mol. The minimum atomic E-state index is -0.318. The second kappa shape index (κ2) is 13.0. The van der Waals surface area contributed by atoms with E-state index in [1.165, 1.54) is 12.8 Å². The zero-order valence-electron chi connectivity index (χ0n) is 18.3. The van der Waals surface area contributed by atoms with E-state index in [1.807, 2.05) is 13.8 Å². The van der Waals surface area contributed by atoms with Gasteiger partial charge in [0.05, 0.1) is 6.61 Å². The van der Waals surface area contributed by atoms with E-state index in [0.29, 0.717) is 24.8 Å². The molecule has 2 heterocycles. The first-order chi connectivity index (χ1) is 14.2. The van der Waals surface area contributed by atoms with Crippen LogP contribution in [0.2, 0.25) is 0 Å². The van der Waals surface area contributed by atoms with E-state index < -0.39 is 0 Å². The van der Waals surface area contributed by atoms with Gasteiger partial charge in [-0.15, -0.1) is 16.9 Å². The van der Waals surface area contributed by atoms with Gasteiger partial charge in [0.15, 0.2) is 6.23 Å². The van der Waals surface area contributed by atoms with E-state index >= 15 is 0 Å². The van der Waals surface area contributed by atoms with Crippen molar-refractivity contribution >= 4 is 0 Å². The standard InChI is InChI=1S/C20H31FN4O2.C2H6/c1-3-17(4-2)25-11-8-15(9-12-25)18-7-5-6-16(14-19(18)21)22-20-10-13-26-23-24-27-20;1-2/h6-7,14-15,17,20,22-24H,3-4,8-13H2,1-2H3;1-2H3. The molecular weight excluding hydrogens is 371 g/mol. The molecule has 0 amide bonds. The zero-order chi connectivity index (χ0) is 21.1. The maximum absolute atomic E-state index is 14.9. The van der Waals surface area contributed by atoms with Gasteiger partial charge in [-0.3, -0.25) is 9.68 Å². The fourth-order valence-corrected chi connectivity index (χ4v) is 4.02. The van der Waals surface area contributed by atoms with Gasteiger partial charge in [0.1, 0.15) is 5.83 Å². The summed E-state index contributed by atoms with van der Waals surface area (Å²) in [6.45, 7) is 11.0. The molecule has 164 valence electrons. The lowest BCUT2D eigenvalue weighted by Crippen LogP contribution is -2.41. The van der Waals surface area contributed by atoms with Gasteiger partial charge in [-0.1, -0.05) is 27.7 Å². The van der Waals surface area contributed by atoms with Gasteiger partial charge in [-0.05, 0) is 62.4 Å². The molecule has 29 heavy (non-hydrogen) atoms. The number of halogens is 1. The first-order valence-electron chi connectivity index (χ1n) is 11.0. The van der Waals surface area contributed by atoms with Crippen molar-refractivity contribution in [2.24, 2.45) is 5.92 Å². The summed E-state index contributed by atoms with van der Waals surface area (Å²) in [4.78, 5) is 12.9. The van der Waals surface area contributed by atoms with Crippen LogP contribution in [0.4, 0.5) is 4.39 Å². The van der Waals surface area contributed by atoms with Gasteiger partial charge >= 0.3 is 0 Å². The Morgan fingerprint density at radius 1 is 1.17 bits per heavy atom. The minimum Gasteiger partial charge on any atom is -0.358 e. The molecule has 1 unspecified atom stereocenters. The number of hydrazine groups is 1. The van der Waals surface area contributed by atoms with Gasteiger partial charge < -0.3 is 10.2 Å². The average Bonchev–Trinajstić information content (AvgIpc) is 3.12. The Kier molecular flexibility index (Phi) is 10.6. The number of nitrogens with one attached hydrogen (secondary N) is 3. The first-order valence-corrected chi connectivity index (χ1v) is 11.0. The third kappa shape index (κ3) is 7.07. The Bertz CT molecular complexity index is 608. The number of likely N-dealkylation sites (tertiary alicyclic amines) is 1. The highest BCUT2D eigenvalue weighted by atomic mass is 19.1. The van der Waals surface area contributed by atoms with Crippen molar-refractivity contribution in [3.63, 3.8) is 0 Å². The molecule has 0 saturated carbocycles. The fraction of sp³-hybridized carbons (Fsp3) is 0.682. The van der Waals surface area contributed by atoms with Crippen molar-refractivity contribution in [2.45, 2.75) is 72.1 Å². The van der Waals surface area contributed by atoms with Crippen molar-refractivity contribution < 1.29 is 14.1 Å². The fourth-order valence-electron chi connectivity index (χ4n) is 4.02. The van der Waals surface area contributed by atoms with Crippen LogP contribution in [0.5, 0.6) is 0 Å². The normalized spacial score (nSPS) is 23.9. The van der Waals surface area contributed by atoms with Crippen LogP contribution in [0.25, 0.3) is 0 Å². The molecule has 0 spiro atoms. The zero-order valence-corrected chi connectivity index (χ0v) is 18.3. The quantitative estimate of drug-likeness (QED) is 0.577. The summed E-state index contributed by atoms with van der Waals surface area (Å²) in [5.41, 5.74) is 9.46. The third-order valence-corrected chi connectivity index (χ3v) is 5.59. The van der Waals surface area contributed by atoms with Gasteiger partial charge in [0, 0.05) is 24.2 Å². The van der Waals surface area contributed by atoms with Gasteiger partial charge in [0.25, 0.3) is 0 Å².